The van der Waals surface area contributed by atoms with Crippen molar-refractivity contribution in [3.8, 4) is 22.5 Å². The number of carbonyl (C=O) groups excluding carboxylic acids is 1. The lowest BCUT2D eigenvalue weighted by Crippen LogP contribution is -2.31. The minimum absolute atomic E-state index is 0.0730. The van der Waals surface area contributed by atoms with Crippen LogP contribution in [-0.4, -0.2) is 32.8 Å². The van der Waals surface area contributed by atoms with Crippen LogP contribution in [0, 0.1) is 6.92 Å². The average Bonchev–Trinajstić information content (AvgIpc) is 3.05. The van der Waals surface area contributed by atoms with Crippen LogP contribution in [0.2, 0.25) is 0 Å². The van der Waals surface area contributed by atoms with E-state index in [1.807, 2.05) is 55.5 Å². The molecule has 1 saturated heterocycles. The van der Waals surface area contributed by atoms with Crippen LogP contribution in [0.25, 0.3) is 22.5 Å². The second kappa shape index (κ2) is 8.45. The molecule has 2 atom stereocenters. The third kappa shape index (κ3) is 4.30. The molecule has 0 spiro atoms. The fourth-order valence-corrected chi connectivity index (χ4v) is 3.72. The van der Waals surface area contributed by atoms with Crippen molar-refractivity contribution in [3.63, 3.8) is 0 Å². The number of nitrogens with zero attached hydrogens (tertiary/aromatic N) is 2. The smallest absolute Gasteiger partial charge is 0.309 e. The van der Waals surface area contributed by atoms with Gasteiger partial charge in [0.1, 0.15) is 11.9 Å². The number of esters is 1. The van der Waals surface area contributed by atoms with Gasteiger partial charge in [0.15, 0.2) is 0 Å². The van der Waals surface area contributed by atoms with E-state index in [1.165, 1.54) is 0 Å². The van der Waals surface area contributed by atoms with Gasteiger partial charge in [-0.15, -0.1) is 0 Å². The molecule has 0 radical (unpaired) electrons. The molecule has 1 aliphatic heterocycles. The Morgan fingerprint density at radius 2 is 1.76 bits per heavy atom. The minimum Gasteiger partial charge on any atom is -0.458 e. The summed E-state index contributed by atoms with van der Waals surface area (Å²) in [5, 5.41) is 9.78. The van der Waals surface area contributed by atoms with Crippen LogP contribution in [0.5, 0.6) is 0 Å². The SMILES string of the molecule is Cc1nc(-c2ccccc2)c(-c2ccccc2)n1CC=CC1CC(O)CC(=O)O1. The number of aliphatic hydroxyl groups is 1. The number of allylic oxidation sites excluding steroid dienone is 1. The number of ether oxygens (including phenoxy) is 1. The van der Waals surface area contributed by atoms with Crippen LogP contribution in [0.1, 0.15) is 18.7 Å². The maximum atomic E-state index is 11.5. The highest BCUT2D eigenvalue weighted by molar-refractivity contribution is 5.79. The van der Waals surface area contributed by atoms with Crippen LogP contribution in [-0.2, 0) is 16.1 Å². The van der Waals surface area contributed by atoms with E-state index in [0.717, 1.165) is 28.3 Å². The summed E-state index contributed by atoms with van der Waals surface area (Å²) in [7, 11) is 0. The number of cyclic esters (lactones) is 1. The van der Waals surface area contributed by atoms with E-state index in [2.05, 4.69) is 28.8 Å². The summed E-state index contributed by atoms with van der Waals surface area (Å²) in [5.74, 6) is 0.557. The number of hydrogen-bond donors (Lipinski definition) is 1. The van der Waals surface area contributed by atoms with E-state index in [1.54, 1.807) is 0 Å². The molecule has 5 nitrogen and oxygen atoms in total. The molecular weight excluding hydrogens is 364 g/mol. The van der Waals surface area contributed by atoms with Crippen LogP contribution in [0.4, 0.5) is 0 Å². The van der Waals surface area contributed by atoms with Gasteiger partial charge in [0, 0.05) is 24.1 Å². The maximum absolute atomic E-state index is 11.5. The van der Waals surface area contributed by atoms with Gasteiger partial charge in [0.05, 0.1) is 23.9 Å². The van der Waals surface area contributed by atoms with Crippen LogP contribution < -0.4 is 0 Å². The molecule has 1 aliphatic rings. The summed E-state index contributed by atoms with van der Waals surface area (Å²) in [6.45, 7) is 2.59. The number of aromatic nitrogens is 2. The van der Waals surface area contributed by atoms with Crippen molar-refractivity contribution in [2.75, 3.05) is 0 Å². The van der Waals surface area contributed by atoms with Crippen molar-refractivity contribution in [3.05, 3.63) is 78.6 Å². The van der Waals surface area contributed by atoms with E-state index in [-0.39, 0.29) is 18.5 Å². The van der Waals surface area contributed by atoms with Crippen LogP contribution in [0.15, 0.2) is 72.8 Å². The molecule has 0 bridgehead atoms. The normalized spacial score (nSPS) is 19.4. The first-order valence-electron chi connectivity index (χ1n) is 9.84. The van der Waals surface area contributed by atoms with Crippen molar-refractivity contribution in [1.29, 1.82) is 0 Å². The number of rotatable bonds is 5. The highest BCUT2D eigenvalue weighted by Gasteiger charge is 2.25. The Balaban J connectivity index is 1.67. The fourth-order valence-electron chi connectivity index (χ4n) is 3.72. The summed E-state index contributed by atoms with van der Waals surface area (Å²) in [4.78, 5) is 16.4. The fraction of sp³-hybridized carbons (Fsp3) is 0.250. The predicted octanol–water partition coefficient (Wildman–Crippen LogP) is 4.15. The zero-order chi connectivity index (χ0) is 20.2. The lowest BCUT2D eigenvalue weighted by atomic mass is 10.0. The van der Waals surface area contributed by atoms with Crippen molar-refractivity contribution in [2.24, 2.45) is 0 Å². The number of benzene rings is 2. The third-order valence-corrected chi connectivity index (χ3v) is 5.08. The van der Waals surface area contributed by atoms with Crippen molar-refractivity contribution >= 4 is 5.97 Å². The highest BCUT2D eigenvalue weighted by atomic mass is 16.5. The second-order valence-corrected chi connectivity index (χ2v) is 7.25. The summed E-state index contributed by atoms with van der Waals surface area (Å²) in [6.07, 6.45) is 3.33. The van der Waals surface area contributed by atoms with Crippen LogP contribution in [0.3, 0.4) is 0 Å². The summed E-state index contributed by atoms with van der Waals surface area (Å²) in [5.41, 5.74) is 4.17. The number of aryl methyl sites for hydroxylation is 1. The van der Waals surface area contributed by atoms with Gasteiger partial charge < -0.3 is 14.4 Å². The number of carbonyl (C=O) groups is 1. The molecule has 1 fully saturated rings. The van der Waals surface area contributed by atoms with Gasteiger partial charge in [0.25, 0.3) is 0 Å². The van der Waals surface area contributed by atoms with Crippen molar-refractivity contribution < 1.29 is 14.6 Å². The van der Waals surface area contributed by atoms with Gasteiger partial charge >= 0.3 is 5.97 Å². The standard InChI is InChI=1S/C24H24N2O3/c1-17-25-23(18-9-4-2-5-10-18)24(19-11-6-3-7-12-19)26(17)14-8-13-21-15-20(27)16-22(28)29-21/h2-13,20-21,27H,14-16H2,1H3. The molecule has 2 heterocycles. The summed E-state index contributed by atoms with van der Waals surface area (Å²) >= 11 is 0. The second-order valence-electron chi connectivity index (χ2n) is 7.25. The molecule has 2 aromatic carbocycles. The molecule has 1 aromatic heterocycles. The number of imidazole rings is 1. The number of hydrogen-bond acceptors (Lipinski definition) is 4. The Hall–Kier alpha value is -3.18. The van der Waals surface area contributed by atoms with E-state index in [4.69, 9.17) is 9.72 Å². The topological polar surface area (TPSA) is 64.3 Å². The van der Waals surface area contributed by atoms with E-state index >= 15 is 0 Å². The van der Waals surface area contributed by atoms with Crippen LogP contribution >= 0.6 is 0 Å². The molecule has 29 heavy (non-hydrogen) atoms. The first-order chi connectivity index (χ1) is 14.1. The van der Waals surface area contributed by atoms with E-state index in [9.17, 15) is 9.90 Å². The Morgan fingerprint density at radius 3 is 2.41 bits per heavy atom. The molecule has 5 heteroatoms. The quantitative estimate of drug-likeness (QED) is 0.527. The van der Waals surface area contributed by atoms with Crippen molar-refractivity contribution in [2.45, 2.75) is 38.5 Å². The predicted molar refractivity (Wildman–Crippen MR) is 112 cm³/mol. The van der Waals surface area contributed by atoms with Gasteiger partial charge in [-0.1, -0.05) is 66.7 Å². The lowest BCUT2D eigenvalue weighted by Gasteiger charge is -2.23. The summed E-state index contributed by atoms with van der Waals surface area (Å²) < 4.78 is 7.47. The highest BCUT2D eigenvalue weighted by Crippen LogP contribution is 2.32. The Labute approximate surface area is 170 Å². The van der Waals surface area contributed by atoms with Gasteiger partial charge in [-0.25, -0.2) is 4.98 Å². The Bertz CT molecular complexity index is 1010. The van der Waals surface area contributed by atoms with E-state index < -0.39 is 6.10 Å². The maximum Gasteiger partial charge on any atom is 0.309 e. The first-order valence-corrected chi connectivity index (χ1v) is 9.84. The Morgan fingerprint density at radius 1 is 1.10 bits per heavy atom. The molecule has 0 saturated carbocycles. The molecule has 2 unspecified atom stereocenters. The van der Waals surface area contributed by atoms with Crippen molar-refractivity contribution in [1.82, 2.24) is 9.55 Å². The van der Waals surface area contributed by atoms with Gasteiger partial charge in [-0.3, -0.25) is 4.79 Å². The monoisotopic (exact) mass is 388 g/mol. The molecular formula is C24H24N2O3. The van der Waals surface area contributed by atoms with Gasteiger partial charge in [-0.05, 0) is 13.0 Å². The molecule has 4 rings (SSSR count). The molecule has 3 aromatic rings. The lowest BCUT2D eigenvalue weighted by molar-refractivity contribution is -0.156. The zero-order valence-electron chi connectivity index (χ0n) is 16.4. The number of aliphatic hydroxyl groups excluding tert-OH is 1. The molecule has 1 N–H and O–H groups in total. The first kappa shape index (κ1) is 19.2. The van der Waals surface area contributed by atoms with E-state index in [0.29, 0.717) is 13.0 Å². The molecule has 0 amide bonds. The van der Waals surface area contributed by atoms with Gasteiger partial charge in [0.2, 0.25) is 0 Å². The third-order valence-electron chi connectivity index (χ3n) is 5.08. The summed E-state index contributed by atoms with van der Waals surface area (Å²) in [6, 6.07) is 20.4. The molecule has 148 valence electrons. The average molecular weight is 388 g/mol. The largest absolute Gasteiger partial charge is 0.458 e. The Kier molecular flexibility index (Phi) is 5.58. The minimum atomic E-state index is -0.634. The van der Waals surface area contributed by atoms with Gasteiger partial charge in [-0.2, -0.15) is 0 Å². The molecule has 0 aliphatic carbocycles. The zero-order valence-corrected chi connectivity index (χ0v) is 16.4.